The summed E-state index contributed by atoms with van der Waals surface area (Å²) in [5, 5.41) is 2.94. The number of carbonyl (C=O) groups is 3. The fourth-order valence-corrected chi connectivity index (χ4v) is 5.87. The van der Waals surface area contributed by atoms with E-state index in [0.29, 0.717) is 6.42 Å². The number of carbonyl (C=O) groups excluding carboxylic acids is 3. The van der Waals surface area contributed by atoms with Gasteiger partial charge in [0.05, 0.1) is 6.54 Å². The van der Waals surface area contributed by atoms with E-state index in [1.165, 1.54) is 4.90 Å². The molecule has 0 bridgehead atoms. The quantitative estimate of drug-likeness (QED) is 0.382. The minimum Gasteiger partial charge on any atom is -0.445 e. The molecule has 1 aliphatic carbocycles. The molecule has 6 rings (SSSR count). The number of hydrogen-bond acceptors (Lipinski definition) is 4. The second kappa shape index (κ2) is 10.7. The number of ether oxygens (including phenoxy) is 1. The molecule has 2 aliphatic rings. The molecule has 4 aromatic rings. The highest BCUT2D eigenvalue weighted by atomic mass is 16.6. The summed E-state index contributed by atoms with van der Waals surface area (Å²) in [5.41, 5.74) is 12.6. The van der Waals surface area contributed by atoms with Gasteiger partial charge in [0.2, 0.25) is 11.8 Å². The third-order valence-electron chi connectivity index (χ3n) is 7.81. The Morgan fingerprint density at radius 3 is 2.02 bits per heavy atom. The average molecular weight is 532 g/mol. The van der Waals surface area contributed by atoms with Gasteiger partial charge in [-0.3, -0.25) is 14.5 Å². The third-order valence-corrected chi connectivity index (χ3v) is 7.81. The van der Waals surface area contributed by atoms with E-state index in [0.717, 1.165) is 38.9 Å². The van der Waals surface area contributed by atoms with Gasteiger partial charge in [-0.1, -0.05) is 103 Å². The third kappa shape index (κ3) is 4.71. The van der Waals surface area contributed by atoms with Crippen molar-refractivity contribution in [1.29, 1.82) is 0 Å². The average Bonchev–Trinajstić information content (AvgIpc) is 3.32. The summed E-state index contributed by atoms with van der Waals surface area (Å²) in [6.45, 7) is 0.309. The van der Waals surface area contributed by atoms with E-state index in [2.05, 4.69) is 5.32 Å². The molecule has 0 radical (unpaired) electrons. The minimum absolute atomic E-state index is 0.0890. The molecule has 0 spiro atoms. The van der Waals surface area contributed by atoms with Gasteiger partial charge >= 0.3 is 6.09 Å². The first kappa shape index (κ1) is 25.4. The topological polar surface area (TPSA) is 102 Å². The highest BCUT2D eigenvalue weighted by Crippen LogP contribution is 2.46. The number of primary amides is 1. The molecule has 40 heavy (non-hydrogen) atoms. The van der Waals surface area contributed by atoms with Crippen LogP contribution < -0.4 is 11.1 Å². The summed E-state index contributed by atoms with van der Waals surface area (Å²) in [4.78, 5) is 41.6. The minimum atomic E-state index is -1.00. The molecule has 0 saturated carbocycles. The zero-order chi connectivity index (χ0) is 27.6. The number of nitrogens with zero attached hydrogens (tertiary/aromatic N) is 1. The fourth-order valence-electron chi connectivity index (χ4n) is 5.87. The summed E-state index contributed by atoms with van der Waals surface area (Å²) in [6.07, 6.45) is -0.295. The number of fused-ring (bicyclic) bond motifs is 4. The first-order valence-corrected chi connectivity index (χ1v) is 13.3. The van der Waals surface area contributed by atoms with Crippen molar-refractivity contribution in [3.63, 3.8) is 0 Å². The molecule has 200 valence electrons. The van der Waals surface area contributed by atoms with Crippen LogP contribution in [0.4, 0.5) is 4.79 Å². The largest absolute Gasteiger partial charge is 0.445 e. The molecule has 1 aliphatic heterocycles. The fraction of sp³-hybridized carbons (Fsp3) is 0.182. The smallest absolute Gasteiger partial charge is 0.411 e. The number of benzene rings is 4. The summed E-state index contributed by atoms with van der Waals surface area (Å²) in [7, 11) is 0. The van der Waals surface area contributed by atoms with Crippen molar-refractivity contribution in [3.8, 4) is 11.1 Å². The molecule has 0 unspecified atom stereocenters. The number of nitrogens with two attached hydrogens (primary N) is 1. The standard InChI is InChI=1S/C33H29N3O4/c34-31(37)30(29-26-16-8-6-14-24(26)25-15-7-9-17-27(25)29)35-32(38)28-18-22-12-4-5-13-23(22)19-36(28)33(39)40-20-21-10-2-1-3-11-21/h1-17,28-30H,18-20H2,(H2,34,37)(H,35,38)/t28-,30-/m0/s1. The van der Waals surface area contributed by atoms with Crippen LogP contribution in [0, 0.1) is 0 Å². The lowest BCUT2D eigenvalue weighted by Crippen LogP contribution is -2.57. The van der Waals surface area contributed by atoms with Gasteiger partial charge in [0.15, 0.2) is 0 Å². The van der Waals surface area contributed by atoms with Gasteiger partial charge in [0.25, 0.3) is 0 Å². The predicted molar refractivity (Wildman–Crippen MR) is 151 cm³/mol. The monoisotopic (exact) mass is 531 g/mol. The molecule has 0 saturated heterocycles. The van der Waals surface area contributed by atoms with Crippen molar-refractivity contribution < 1.29 is 19.1 Å². The predicted octanol–water partition coefficient (Wildman–Crippen LogP) is 4.53. The van der Waals surface area contributed by atoms with Crippen LogP contribution in [-0.2, 0) is 33.9 Å². The van der Waals surface area contributed by atoms with Crippen molar-refractivity contribution in [2.75, 3.05) is 0 Å². The van der Waals surface area contributed by atoms with Crippen molar-refractivity contribution in [3.05, 3.63) is 131 Å². The molecule has 7 nitrogen and oxygen atoms in total. The van der Waals surface area contributed by atoms with Crippen LogP contribution in [0.15, 0.2) is 103 Å². The molecular formula is C33H29N3O4. The van der Waals surface area contributed by atoms with Gasteiger partial charge in [0, 0.05) is 12.3 Å². The van der Waals surface area contributed by atoms with E-state index < -0.39 is 35.9 Å². The lowest BCUT2D eigenvalue weighted by molar-refractivity contribution is -0.131. The molecule has 1 heterocycles. The molecule has 7 heteroatoms. The number of rotatable bonds is 6. The van der Waals surface area contributed by atoms with Crippen LogP contribution in [0.1, 0.15) is 33.7 Å². The number of hydrogen-bond donors (Lipinski definition) is 2. The van der Waals surface area contributed by atoms with Crippen LogP contribution in [0.2, 0.25) is 0 Å². The van der Waals surface area contributed by atoms with Crippen LogP contribution in [0.25, 0.3) is 11.1 Å². The van der Waals surface area contributed by atoms with E-state index >= 15 is 0 Å². The normalized spacial score (nSPS) is 16.3. The molecule has 4 aromatic carbocycles. The highest BCUT2D eigenvalue weighted by Gasteiger charge is 2.41. The van der Waals surface area contributed by atoms with Gasteiger partial charge in [-0.05, 0) is 38.9 Å². The Morgan fingerprint density at radius 1 is 0.800 bits per heavy atom. The molecule has 0 aromatic heterocycles. The van der Waals surface area contributed by atoms with Crippen molar-refractivity contribution in [2.45, 2.75) is 37.6 Å². The first-order valence-electron chi connectivity index (χ1n) is 13.3. The number of nitrogens with one attached hydrogen (secondary N) is 1. The maximum Gasteiger partial charge on any atom is 0.411 e. The van der Waals surface area contributed by atoms with Gasteiger partial charge in [0.1, 0.15) is 18.7 Å². The summed E-state index contributed by atoms with van der Waals surface area (Å²) in [5.74, 6) is -1.53. The lowest BCUT2D eigenvalue weighted by atomic mass is 9.88. The Bertz CT molecular complexity index is 1540. The Kier molecular flexibility index (Phi) is 6.78. The zero-order valence-corrected chi connectivity index (χ0v) is 21.8. The van der Waals surface area contributed by atoms with Crippen molar-refractivity contribution >= 4 is 17.9 Å². The SMILES string of the molecule is NC(=O)[C@@H](NC(=O)[C@@H]1Cc2ccccc2CN1C(=O)OCc1ccccc1)C1c2ccccc2-c2ccccc21. The van der Waals surface area contributed by atoms with Crippen LogP contribution in [-0.4, -0.2) is 34.9 Å². The number of amides is 3. The van der Waals surface area contributed by atoms with Crippen molar-refractivity contribution in [2.24, 2.45) is 5.73 Å². The summed E-state index contributed by atoms with van der Waals surface area (Å²) < 4.78 is 5.62. The summed E-state index contributed by atoms with van der Waals surface area (Å²) in [6, 6.07) is 30.9. The second-order valence-corrected chi connectivity index (χ2v) is 10.2. The second-order valence-electron chi connectivity index (χ2n) is 10.2. The molecule has 3 amide bonds. The van der Waals surface area contributed by atoms with Crippen molar-refractivity contribution in [1.82, 2.24) is 10.2 Å². The van der Waals surface area contributed by atoms with Crippen LogP contribution in [0.3, 0.4) is 0 Å². The Hall–Kier alpha value is -4.91. The molecule has 2 atom stereocenters. The van der Waals surface area contributed by atoms with Gasteiger partial charge in [-0.15, -0.1) is 0 Å². The Labute approximate surface area is 232 Å². The molecule has 0 fully saturated rings. The maximum absolute atomic E-state index is 13.9. The Morgan fingerprint density at radius 2 is 1.38 bits per heavy atom. The van der Waals surface area contributed by atoms with Gasteiger partial charge in [-0.25, -0.2) is 4.79 Å². The Balaban J connectivity index is 1.29. The zero-order valence-electron chi connectivity index (χ0n) is 21.8. The van der Waals surface area contributed by atoms with Crippen LogP contribution >= 0.6 is 0 Å². The van der Waals surface area contributed by atoms with E-state index in [9.17, 15) is 14.4 Å². The van der Waals surface area contributed by atoms with Crippen LogP contribution in [0.5, 0.6) is 0 Å². The van der Waals surface area contributed by atoms with E-state index in [1.807, 2.05) is 103 Å². The van der Waals surface area contributed by atoms with Gasteiger partial charge < -0.3 is 15.8 Å². The van der Waals surface area contributed by atoms with Gasteiger partial charge in [-0.2, -0.15) is 0 Å². The van der Waals surface area contributed by atoms with E-state index in [-0.39, 0.29) is 13.2 Å². The van der Waals surface area contributed by atoms with E-state index in [1.54, 1.807) is 0 Å². The van der Waals surface area contributed by atoms with E-state index in [4.69, 9.17) is 10.5 Å². The lowest BCUT2D eigenvalue weighted by Gasteiger charge is -2.36. The summed E-state index contributed by atoms with van der Waals surface area (Å²) >= 11 is 0. The maximum atomic E-state index is 13.9. The molecule has 3 N–H and O–H groups in total. The highest BCUT2D eigenvalue weighted by molar-refractivity contribution is 5.94. The first-order chi connectivity index (χ1) is 19.5. The molecular weight excluding hydrogens is 502 g/mol.